The molecule has 22 heavy (non-hydrogen) atoms. The lowest BCUT2D eigenvalue weighted by atomic mass is 10.2. The highest BCUT2D eigenvalue weighted by Gasteiger charge is 2.07. The Balaban J connectivity index is 1.68. The number of amides is 2. The summed E-state index contributed by atoms with van der Waals surface area (Å²) in [4.78, 5) is 27.2. The van der Waals surface area contributed by atoms with Gasteiger partial charge in [-0.25, -0.2) is 0 Å². The lowest BCUT2D eigenvalue weighted by Gasteiger charge is -2.07. The van der Waals surface area contributed by atoms with Crippen molar-refractivity contribution in [2.24, 2.45) is 0 Å². The Hall–Kier alpha value is -2.05. The molecule has 0 aliphatic rings. The summed E-state index contributed by atoms with van der Waals surface area (Å²) in [7, 11) is 0. The lowest BCUT2D eigenvalue weighted by molar-refractivity contribution is -0.119. The summed E-state index contributed by atoms with van der Waals surface area (Å²) < 4.78 is 0. The number of nitrogens with zero attached hydrogens (tertiary/aromatic N) is 1. The van der Waals surface area contributed by atoms with Crippen LogP contribution in [-0.4, -0.2) is 22.6 Å². The van der Waals surface area contributed by atoms with Crippen molar-refractivity contribution >= 4 is 35.2 Å². The van der Waals surface area contributed by atoms with Gasteiger partial charge in [0.25, 0.3) is 5.91 Å². The number of carbonyl (C=O) groups excluding carboxylic acids is 2. The Morgan fingerprint density at radius 2 is 1.91 bits per heavy atom. The van der Waals surface area contributed by atoms with E-state index in [2.05, 4.69) is 15.8 Å². The van der Waals surface area contributed by atoms with Crippen LogP contribution < -0.4 is 10.9 Å². The van der Waals surface area contributed by atoms with E-state index in [0.717, 1.165) is 5.56 Å². The molecule has 2 aromatic rings. The van der Waals surface area contributed by atoms with Gasteiger partial charge in [0.2, 0.25) is 5.91 Å². The van der Waals surface area contributed by atoms with Crippen LogP contribution >= 0.6 is 23.4 Å². The van der Waals surface area contributed by atoms with Crippen LogP contribution in [0.15, 0.2) is 48.8 Å². The molecule has 0 saturated heterocycles. The van der Waals surface area contributed by atoms with Gasteiger partial charge in [-0.3, -0.25) is 25.4 Å². The van der Waals surface area contributed by atoms with Crippen LogP contribution in [0.4, 0.5) is 0 Å². The smallest absolute Gasteiger partial charge is 0.271 e. The molecule has 1 heterocycles. The van der Waals surface area contributed by atoms with Crippen molar-refractivity contribution in [3.8, 4) is 0 Å². The zero-order valence-electron chi connectivity index (χ0n) is 11.6. The summed E-state index contributed by atoms with van der Waals surface area (Å²) in [5.74, 6) is 0.275. The zero-order valence-corrected chi connectivity index (χ0v) is 13.2. The molecule has 2 rings (SSSR count). The van der Waals surface area contributed by atoms with Crippen LogP contribution in [0.1, 0.15) is 15.9 Å². The first-order valence-corrected chi connectivity index (χ1v) is 8.00. The number of hydrogen-bond donors (Lipinski definition) is 2. The first kappa shape index (κ1) is 16.3. The molecule has 0 aliphatic heterocycles. The largest absolute Gasteiger partial charge is 0.272 e. The highest BCUT2D eigenvalue weighted by Crippen LogP contribution is 2.15. The number of carbonyl (C=O) groups is 2. The number of hydrogen-bond acceptors (Lipinski definition) is 4. The van der Waals surface area contributed by atoms with Crippen LogP contribution in [0.25, 0.3) is 0 Å². The van der Waals surface area contributed by atoms with Gasteiger partial charge in [-0.1, -0.05) is 23.7 Å². The molecular weight excluding hydrogens is 322 g/mol. The third-order valence-electron chi connectivity index (χ3n) is 2.65. The Bertz CT molecular complexity index is 635. The van der Waals surface area contributed by atoms with Crippen molar-refractivity contribution in [1.29, 1.82) is 0 Å². The lowest BCUT2D eigenvalue weighted by Crippen LogP contribution is -2.42. The van der Waals surface area contributed by atoms with Crippen LogP contribution in [0.3, 0.4) is 0 Å². The fourth-order valence-corrected chi connectivity index (χ4v) is 2.49. The van der Waals surface area contributed by atoms with Crippen LogP contribution in [0.2, 0.25) is 5.02 Å². The van der Waals surface area contributed by atoms with E-state index < -0.39 is 5.91 Å². The summed E-state index contributed by atoms with van der Waals surface area (Å²) >= 11 is 7.25. The fraction of sp³-hybridized carbons (Fsp3) is 0.133. The molecule has 2 amide bonds. The van der Waals surface area contributed by atoms with Gasteiger partial charge in [0, 0.05) is 23.2 Å². The maximum Gasteiger partial charge on any atom is 0.271 e. The van der Waals surface area contributed by atoms with Gasteiger partial charge >= 0.3 is 0 Å². The van der Waals surface area contributed by atoms with Crippen molar-refractivity contribution in [3.05, 3.63) is 64.9 Å². The maximum absolute atomic E-state index is 11.7. The van der Waals surface area contributed by atoms with Crippen LogP contribution in [0.5, 0.6) is 0 Å². The molecule has 2 N–H and O–H groups in total. The van der Waals surface area contributed by atoms with Crippen LogP contribution in [0, 0.1) is 0 Å². The van der Waals surface area contributed by atoms with E-state index in [9.17, 15) is 9.59 Å². The van der Waals surface area contributed by atoms with E-state index in [1.54, 1.807) is 18.3 Å². The summed E-state index contributed by atoms with van der Waals surface area (Å²) in [6.07, 6.45) is 3.00. The molecule has 0 spiro atoms. The van der Waals surface area contributed by atoms with Gasteiger partial charge < -0.3 is 0 Å². The normalized spacial score (nSPS) is 10.0. The number of aromatic nitrogens is 1. The molecule has 5 nitrogen and oxygen atoms in total. The van der Waals surface area contributed by atoms with Crippen molar-refractivity contribution in [2.45, 2.75) is 5.75 Å². The number of thioether (sulfide) groups is 1. The molecule has 114 valence electrons. The molecule has 0 fully saturated rings. The molecular formula is C15H14ClN3O2S. The highest BCUT2D eigenvalue weighted by molar-refractivity contribution is 7.99. The van der Waals surface area contributed by atoms with Gasteiger partial charge in [-0.2, -0.15) is 0 Å². The number of rotatable bonds is 5. The van der Waals surface area contributed by atoms with E-state index in [1.165, 1.54) is 18.0 Å². The van der Waals surface area contributed by atoms with Crippen LogP contribution in [-0.2, 0) is 10.5 Å². The standard InChI is InChI=1S/C15H14ClN3O2S/c16-13-5-3-11(4-6-13)9-22-10-14(20)18-19-15(21)12-2-1-7-17-8-12/h1-8H,9-10H2,(H,18,20)(H,19,21). The average molecular weight is 336 g/mol. The van der Waals surface area contributed by atoms with Crippen molar-refractivity contribution in [3.63, 3.8) is 0 Å². The van der Waals surface area contributed by atoms with E-state index in [-0.39, 0.29) is 11.7 Å². The van der Waals surface area contributed by atoms with Crippen molar-refractivity contribution in [1.82, 2.24) is 15.8 Å². The summed E-state index contributed by atoms with van der Waals surface area (Å²) in [5.41, 5.74) is 6.18. The minimum Gasteiger partial charge on any atom is -0.272 e. The monoisotopic (exact) mass is 335 g/mol. The second kappa shape index (κ2) is 8.41. The molecule has 0 saturated carbocycles. The molecule has 1 aromatic heterocycles. The average Bonchev–Trinajstić information content (AvgIpc) is 2.55. The molecule has 0 unspecified atom stereocenters. The number of pyridine rings is 1. The summed E-state index contributed by atoms with van der Waals surface area (Å²) in [5, 5.41) is 0.685. The minimum absolute atomic E-state index is 0.246. The molecule has 0 aliphatic carbocycles. The van der Waals surface area contributed by atoms with Gasteiger partial charge in [0.15, 0.2) is 0 Å². The number of nitrogens with one attached hydrogen (secondary N) is 2. The first-order valence-electron chi connectivity index (χ1n) is 6.46. The molecule has 0 radical (unpaired) electrons. The van der Waals surface area contributed by atoms with Gasteiger partial charge in [-0.15, -0.1) is 11.8 Å². The SMILES string of the molecule is O=C(CSCc1ccc(Cl)cc1)NNC(=O)c1cccnc1. The van der Waals surface area contributed by atoms with Gasteiger partial charge in [0.05, 0.1) is 11.3 Å². The van der Waals surface area contributed by atoms with E-state index in [1.807, 2.05) is 24.3 Å². The highest BCUT2D eigenvalue weighted by atomic mass is 35.5. The molecule has 1 aromatic carbocycles. The Morgan fingerprint density at radius 3 is 2.59 bits per heavy atom. The zero-order chi connectivity index (χ0) is 15.8. The Kier molecular flexibility index (Phi) is 6.24. The third-order valence-corrected chi connectivity index (χ3v) is 3.91. The molecule has 7 heteroatoms. The number of benzene rings is 1. The fourth-order valence-electron chi connectivity index (χ4n) is 1.57. The van der Waals surface area contributed by atoms with E-state index in [4.69, 9.17) is 11.6 Å². The Labute approximate surface area is 137 Å². The van der Waals surface area contributed by atoms with Crippen molar-refractivity contribution in [2.75, 3.05) is 5.75 Å². The molecule has 0 atom stereocenters. The second-order valence-electron chi connectivity index (χ2n) is 4.36. The Morgan fingerprint density at radius 1 is 1.14 bits per heavy atom. The van der Waals surface area contributed by atoms with Gasteiger partial charge in [-0.05, 0) is 29.8 Å². The topological polar surface area (TPSA) is 71.1 Å². The molecule has 0 bridgehead atoms. The summed E-state index contributed by atoms with van der Waals surface area (Å²) in [6.45, 7) is 0. The number of hydrazine groups is 1. The second-order valence-corrected chi connectivity index (χ2v) is 5.79. The predicted molar refractivity (Wildman–Crippen MR) is 87.5 cm³/mol. The predicted octanol–water partition coefficient (Wildman–Crippen LogP) is 2.43. The van der Waals surface area contributed by atoms with E-state index >= 15 is 0 Å². The van der Waals surface area contributed by atoms with Crippen molar-refractivity contribution < 1.29 is 9.59 Å². The first-order chi connectivity index (χ1) is 10.6. The summed E-state index contributed by atoms with van der Waals surface area (Å²) in [6, 6.07) is 10.7. The van der Waals surface area contributed by atoms with Gasteiger partial charge in [0.1, 0.15) is 0 Å². The minimum atomic E-state index is -0.399. The third kappa shape index (κ3) is 5.38. The number of halogens is 1. The quantitative estimate of drug-likeness (QED) is 0.823. The maximum atomic E-state index is 11.7. The van der Waals surface area contributed by atoms with E-state index in [0.29, 0.717) is 16.3 Å².